The van der Waals surface area contributed by atoms with Crippen molar-refractivity contribution in [2.75, 3.05) is 39.5 Å². The van der Waals surface area contributed by atoms with Gasteiger partial charge in [0.25, 0.3) is 0 Å². The minimum absolute atomic E-state index is 0.666. The van der Waals surface area contributed by atoms with Crippen LogP contribution in [0.5, 0.6) is 0 Å². The Morgan fingerprint density at radius 3 is 2.62 bits per heavy atom. The zero-order valence-electron chi connectivity index (χ0n) is 10.4. The number of aromatic nitrogens is 1. The lowest BCUT2D eigenvalue weighted by atomic mass is 10.3. The molecule has 2 N–H and O–H groups in total. The van der Waals surface area contributed by atoms with E-state index in [1.54, 1.807) is 11.3 Å². The minimum atomic E-state index is 0.666. The molecule has 0 aliphatic carbocycles. The maximum absolute atomic E-state index is 5.62. The van der Waals surface area contributed by atoms with Crippen LogP contribution in [0.1, 0.15) is 18.2 Å². The molecule has 16 heavy (non-hydrogen) atoms. The molecule has 1 aromatic rings. The van der Waals surface area contributed by atoms with Crippen molar-refractivity contribution < 1.29 is 0 Å². The Labute approximate surface area is 102 Å². The van der Waals surface area contributed by atoms with Crippen molar-refractivity contribution in [3.8, 4) is 0 Å². The first kappa shape index (κ1) is 13.4. The molecule has 1 rings (SSSR count). The Hall–Kier alpha value is -0.650. The molecule has 92 valence electrons. The Kier molecular flexibility index (Phi) is 5.73. The first-order valence-corrected chi connectivity index (χ1v) is 6.50. The van der Waals surface area contributed by atoms with Crippen LogP contribution in [0.3, 0.4) is 0 Å². The molecule has 0 aliphatic heterocycles. The molecule has 4 nitrogen and oxygen atoms in total. The molecule has 0 fully saturated rings. The van der Waals surface area contributed by atoms with E-state index in [-0.39, 0.29) is 0 Å². The lowest BCUT2D eigenvalue weighted by Gasteiger charge is -2.20. The molecule has 0 atom stereocenters. The zero-order valence-corrected chi connectivity index (χ0v) is 11.3. The average molecular weight is 242 g/mol. The van der Waals surface area contributed by atoms with E-state index in [9.17, 15) is 0 Å². The summed E-state index contributed by atoms with van der Waals surface area (Å²) in [4.78, 5) is 9.98. The van der Waals surface area contributed by atoms with E-state index in [0.29, 0.717) is 5.13 Å². The third-order valence-electron chi connectivity index (χ3n) is 2.48. The molecule has 5 heteroatoms. The number of nitrogens with two attached hydrogens (primary N) is 1. The molecule has 0 aromatic carbocycles. The van der Waals surface area contributed by atoms with E-state index in [4.69, 9.17) is 5.73 Å². The van der Waals surface area contributed by atoms with Gasteiger partial charge < -0.3 is 10.6 Å². The molecule has 0 aliphatic rings. The summed E-state index contributed by atoms with van der Waals surface area (Å²) in [5.41, 5.74) is 5.62. The van der Waals surface area contributed by atoms with Gasteiger partial charge in [0.05, 0.1) is 0 Å². The third kappa shape index (κ3) is 4.92. The van der Waals surface area contributed by atoms with Crippen LogP contribution < -0.4 is 5.73 Å². The highest BCUT2D eigenvalue weighted by molar-refractivity contribution is 7.15. The van der Waals surface area contributed by atoms with Gasteiger partial charge in [0, 0.05) is 17.6 Å². The molecule has 1 aromatic heterocycles. The SMILES string of the molecule is CCN(CCCN(C)C)Cc1cnc(N)s1. The molecule has 0 radical (unpaired) electrons. The fourth-order valence-corrected chi connectivity index (χ4v) is 2.30. The van der Waals surface area contributed by atoms with E-state index >= 15 is 0 Å². The van der Waals surface area contributed by atoms with Crippen LogP contribution in [0.25, 0.3) is 0 Å². The molecule has 1 heterocycles. The van der Waals surface area contributed by atoms with Crippen molar-refractivity contribution in [3.05, 3.63) is 11.1 Å². The first-order valence-electron chi connectivity index (χ1n) is 5.69. The predicted molar refractivity (Wildman–Crippen MR) is 70.6 cm³/mol. The average Bonchev–Trinajstić information content (AvgIpc) is 2.62. The first-order chi connectivity index (χ1) is 7.61. The fraction of sp³-hybridized carbons (Fsp3) is 0.727. The van der Waals surface area contributed by atoms with Crippen LogP contribution in [-0.2, 0) is 6.54 Å². The Balaban J connectivity index is 2.31. The largest absolute Gasteiger partial charge is 0.375 e. The second-order valence-corrected chi connectivity index (χ2v) is 5.34. The lowest BCUT2D eigenvalue weighted by molar-refractivity contribution is 0.261. The van der Waals surface area contributed by atoms with Crippen LogP contribution in [-0.4, -0.2) is 48.5 Å². The number of hydrogen-bond donors (Lipinski definition) is 1. The zero-order chi connectivity index (χ0) is 12.0. The van der Waals surface area contributed by atoms with Gasteiger partial charge in [-0.25, -0.2) is 4.98 Å². The van der Waals surface area contributed by atoms with Crippen molar-refractivity contribution >= 4 is 16.5 Å². The Bertz CT molecular complexity index is 298. The van der Waals surface area contributed by atoms with Crippen molar-refractivity contribution in [2.45, 2.75) is 19.9 Å². The van der Waals surface area contributed by atoms with Crippen molar-refractivity contribution in [2.24, 2.45) is 0 Å². The molecule has 0 unspecified atom stereocenters. The van der Waals surface area contributed by atoms with E-state index in [2.05, 4.69) is 35.8 Å². The smallest absolute Gasteiger partial charge is 0.180 e. The second kappa shape index (κ2) is 6.83. The monoisotopic (exact) mass is 242 g/mol. The molecule has 0 amide bonds. The summed E-state index contributed by atoms with van der Waals surface area (Å²) in [7, 11) is 4.22. The van der Waals surface area contributed by atoms with Crippen LogP contribution in [0.15, 0.2) is 6.20 Å². The van der Waals surface area contributed by atoms with E-state index in [1.807, 2.05) is 6.20 Å². The summed E-state index contributed by atoms with van der Waals surface area (Å²) >= 11 is 1.59. The summed E-state index contributed by atoms with van der Waals surface area (Å²) in [5.74, 6) is 0. The summed E-state index contributed by atoms with van der Waals surface area (Å²) in [5, 5.41) is 0.666. The highest BCUT2D eigenvalue weighted by Gasteiger charge is 2.06. The van der Waals surface area contributed by atoms with Gasteiger partial charge in [0.2, 0.25) is 0 Å². The van der Waals surface area contributed by atoms with Crippen LogP contribution >= 0.6 is 11.3 Å². The van der Waals surface area contributed by atoms with Gasteiger partial charge in [-0.2, -0.15) is 0 Å². The number of hydrogen-bond acceptors (Lipinski definition) is 5. The van der Waals surface area contributed by atoms with Gasteiger partial charge in [-0.05, 0) is 40.2 Å². The summed E-state index contributed by atoms with van der Waals surface area (Å²) in [6.45, 7) is 6.51. The second-order valence-electron chi connectivity index (χ2n) is 4.19. The molecule has 0 bridgehead atoms. The van der Waals surface area contributed by atoms with Gasteiger partial charge in [0.1, 0.15) is 0 Å². The highest BCUT2D eigenvalue weighted by atomic mass is 32.1. The summed E-state index contributed by atoms with van der Waals surface area (Å²) in [6.07, 6.45) is 3.09. The third-order valence-corrected chi connectivity index (χ3v) is 3.29. The van der Waals surface area contributed by atoms with Crippen molar-refractivity contribution in [1.29, 1.82) is 0 Å². The van der Waals surface area contributed by atoms with Crippen LogP contribution in [0.2, 0.25) is 0 Å². The predicted octanol–water partition coefficient (Wildman–Crippen LogP) is 1.50. The number of nitrogens with zero attached hydrogens (tertiary/aromatic N) is 3. The van der Waals surface area contributed by atoms with E-state index < -0.39 is 0 Å². The minimum Gasteiger partial charge on any atom is -0.375 e. The molecule has 0 saturated heterocycles. The van der Waals surface area contributed by atoms with Gasteiger partial charge in [0.15, 0.2) is 5.13 Å². The maximum atomic E-state index is 5.62. The quantitative estimate of drug-likeness (QED) is 0.787. The maximum Gasteiger partial charge on any atom is 0.180 e. The Morgan fingerprint density at radius 1 is 1.38 bits per heavy atom. The van der Waals surface area contributed by atoms with Crippen LogP contribution in [0, 0.1) is 0 Å². The van der Waals surface area contributed by atoms with Gasteiger partial charge in [-0.1, -0.05) is 6.92 Å². The lowest BCUT2D eigenvalue weighted by Crippen LogP contribution is -2.26. The molecular formula is C11H22N4S. The summed E-state index contributed by atoms with van der Waals surface area (Å²) < 4.78 is 0. The van der Waals surface area contributed by atoms with Crippen molar-refractivity contribution in [1.82, 2.24) is 14.8 Å². The fourth-order valence-electron chi connectivity index (χ4n) is 1.58. The van der Waals surface area contributed by atoms with Crippen molar-refractivity contribution in [3.63, 3.8) is 0 Å². The standard InChI is InChI=1S/C11H22N4S/c1-4-15(7-5-6-14(2)3)9-10-8-13-11(12)16-10/h8H,4-7,9H2,1-3H3,(H2,12,13). The van der Waals surface area contributed by atoms with E-state index in [0.717, 1.165) is 26.2 Å². The highest BCUT2D eigenvalue weighted by Crippen LogP contribution is 2.16. The Morgan fingerprint density at radius 2 is 2.12 bits per heavy atom. The number of rotatable bonds is 7. The van der Waals surface area contributed by atoms with Gasteiger partial charge in [-0.15, -0.1) is 11.3 Å². The van der Waals surface area contributed by atoms with E-state index in [1.165, 1.54) is 11.3 Å². The number of nitrogen functional groups attached to an aromatic ring is 1. The van der Waals surface area contributed by atoms with Gasteiger partial charge in [-0.3, -0.25) is 4.90 Å². The molecule has 0 saturated carbocycles. The summed E-state index contributed by atoms with van der Waals surface area (Å²) in [6, 6.07) is 0. The molecule has 0 spiro atoms. The molecular weight excluding hydrogens is 220 g/mol. The topological polar surface area (TPSA) is 45.4 Å². The van der Waals surface area contributed by atoms with Crippen LogP contribution in [0.4, 0.5) is 5.13 Å². The normalized spacial score (nSPS) is 11.6. The number of thiazole rings is 1. The number of anilines is 1. The van der Waals surface area contributed by atoms with Gasteiger partial charge >= 0.3 is 0 Å².